The highest BCUT2D eigenvalue weighted by molar-refractivity contribution is 6.36. The van der Waals surface area contributed by atoms with Crippen LogP contribution in [0.2, 0.25) is 10.3 Å². The number of aromatic nitrogens is 3. The minimum atomic E-state index is -0.380. The first-order valence-corrected chi connectivity index (χ1v) is 10.8. The van der Waals surface area contributed by atoms with Crippen LogP contribution >= 0.6 is 23.2 Å². The molecule has 0 bridgehead atoms. The highest BCUT2D eigenvalue weighted by Crippen LogP contribution is 2.29. The molecule has 1 saturated carbocycles. The number of anilines is 1. The molecule has 0 atom stereocenters. The van der Waals surface area contributed by atoms with Crippen LogP contribution in [0.1, 0.15) is 53.4 Å². The summed E-state index contributed by atoms with van der Waals surface area (Å²) in [4.78, 5) is 21.2. The van der Waals surface area contributed by atoms with Crippen LogP contribution in [0.25, 0.3) is 11.0 Å². The van der Waals surface area contributed by atoms with Crippen molar-refractivity contribution in [3.63, 3.8) is 0 Å². The molecular formula is C20H31Cl2N5O3. The molecule has 2 N–H and O–H groups in total. The number of rotatable bonds is 5. The number of nitrogen functional groups attached to an aromatic ring is 1. The fourth-order valence-corrected chi connectivity index (χ4v) is 3.27. The fourth-order valence-electron chi connectivity index (χ4n) is 2.80. The average Bonchev–Trinajstić information content (AvgIpc) is 2.88. The highest BCUT2D eigenvalue weighted by atomic mass is 35.5. The number of carbonyl (C=O) groups is 1. The highest BCUT2D eigenvalue weighted by Gasteiger charge is 2.28. The Morgan fingerprint density at radius 2 is 2.00 bits per heavy atom. The Hall–Kier alpha value is -1.77. The maximum atomic E-state index is 11.5. The van der Waals surface area contributed by atoms with E-state index in [1.807, 2.05) is 34.7 Å². The molecule has 3 rings (SSSR count). The van der Waals surface area contributed by atoms with Gasteiger partial charge in [0, 0.05) is 25.9 Å². The third kappa shape index (κ3) is 6.62. The summed E-state index contributed by atoms with van der Waals surface area (Å²) >= 11 is 11.8. The monoisotopic (exact) mass is 459 g/mol. The molecule has 1 fully saturated rings. The van der Waals surface area contributed by atoms with E-state index in [0.29, 0.717) is 35.4 Å². The van der Waals surface area contributed by atoms with Crippen LogP contribution in [-0.2, 0) is 16.2 Å². The molecule has 2 heterocycles. The maximum Gasteiger partial charge on any atom is 0.410 e. The first-order valence-electron chi connectivity index (χ1n) is 10.0. The Kier molecular flexibility index (Phi) is 8.58. The number of hydrogen-bond acceptors (Lipinski definition) is 6. The third-order valence-corrected chi connectivity index (χ3v) is 5.01. The van der Waals surface area contributed by atoms with E-state index in [9.17, 15) is 4.79 Å². The van der Waals surface area contributed by atoms with Crippen molar-refractivity contribution in [1.82, 2.24) is 19.4 Å². The second-order valence-electron chi connectivity index (χ2n) is 8.24. The molecule has 1 aliphatic rings. The average molecular weight is 460 g/mol. The Labute approximate surface area is 187 Å². The van der Waals surface area contributed by atoms with Crippen LogP contribution in [0.5, 0.6) is 0 Å². The zero-order valence-corrected chi connectivity index (χ0v) is 19.8. The predicted molar refractivity (Wildman–Crippen MR) is 120 cm³/mol. The summed E-state index contributed by atoms with van der Waals surface area (Å²) in [5.74, 6) is 0.277. The Bertz CT molecular complexity index is 862. The van der Waals surface area contributed by atoms with E-state index in [2.05, 4.69) is 9.97 Å². The zero-order chi connectivity index (χ0) is 22.5. The Morgan fingerprint density at radius 3 is 2.53 bits per heavy atom. The number of carbonyl (C=O) groups excluding carboxylic acids is 1. The van der Waals surface area contributed by atoms with Gasteiger partial charge in [0.15, 0.2) is 5.65 Å². The second-order valence-corrected chi connectivity index (χ2v) is 8.98. The lowest BCUT2D eigenvalue weighted by Crippen LogP contribution is -2.43. The minimum absolute atomic E-state index is 0.0986. The molecule has 1 amide bonds. The SMILES string of the molecule is CCCOCn1cc(Cl)c2c(N)nc(Cl)nc21.CN(C(=O)OC(C)(C)C)C1CCC1. The van der Waals surface area contributed by atoms with Crippen molar-refractivity contribution in [2.24, 2.45) is 0 Å². The van der Waals surface area contributed by atoms with E-state index in [4.69, 9.17) is 38.4 Å². The first kappa shape index (κ1) is 24.5. The van der Waals surface area contributed by atoms with Gasteiger partial charge in [-0.2, -0.15) is 4.98 Å². The van der Waals surface area contributed by atoms with E-state index in [-0.39, 0.29) is 22.8 Å². The molecule has 168 valence electrons. The van der Waals surface area contributed by atoms with E-state index in [1.54, 1.807) is 15.7 Å². The summed E-state index contributed by atoms with van der Waals surface area (Å²) in [6, 6.07) is 0.412. The van der Waals surface area contributed by atoms with Crippen LogP contribution in [0.4, 0.5) is 10.6 Å². The molecule has 1 aliphatic carbocycles. The number of ether oxygens (including phenoxy) is 2. The van der Waals surface area contributed by atoms with Gasteiger partial charge in [0.25, 0.3) is 0 Å². The molecule has 30 heavy (non-hydrogen) atoms. The zero-order valence-electron chi connectivity index (χ0n) is 18.2. The molecule has 0 radical (unpaired) electrons. The van der Waals surface area contributed by atoms with Gasteiger partial charge in [0.05, 0.1) is 10.4 Å². The number of halogens is 2. The largest absolute Gasteiger partial charge is 0.444 e. The molecule has 2 aromatic rings. The van der Waals surface area contributed by atoms with Gasteiger partial charge >= 0.3 is 6.09 Å². The van der Waals surface area contributed by atoms with Crippen molar-refractivity contribution in [1.29, 1.82) is 0 Å². The van der Waals surface area contributed by atoms with Gasteiger partial charge < -0.3 is 24.7 Å². The summed E-state index contributed by atoms with van der Waals surface area (Å²) in [5.41, 5.74) is 5.96. The molecular weight excluding hydrogens is 429 g/mol. The molecule has 8 nitrogen and oxygen atoms in total. The quantitative estimate of drug-likeness (QED) is 0.492. The van der Waals surface area contributed by atoms with Crippen molar-refractivity contribution < 1.29 is 14.3 Å². The number of amides is 1. The van der Waals surface area contributed by atoms with Crippen LogP contribution in [0.3, 0.4) is 0 Å². The molecule has 0 aromatic carbocycles. The van der Waals surface area contributed by atoms with Crippen molar-refractivity contribution in [2.75, 3.05) is 19.4 Å². The van der Waals surface area contributed by atoms with E-state index in [1.165, 1.54) is 6.42 Å². The lowest BCUT2D eigenvalue weighted by atomic mass is 9.92. The summed E-state index contributed by atoms with van der Waals surface area (Å²) in [6.07, 6.45) is 5.94. The fraction of sp³-hybridized carbons (Fsp3) is 0.650. The maximum absolute atomic E-state index is 11.5. The van der Waals surface area contributed by atoms with Crippen molar-refractivity contribution in [3.8, 4) is 0 Å². The predicted octanol–water partition coefficient (Wildman–Crippen LogP) is 5.11. The van der Waals surface area contributed by atoms with Gasteiger partial charge in [-0.25, -0.2) is 9.78 Å². The third-order valence-electron chi connectivity index (χ3n) is 4.55. The van der Waals surface area contributed by atoms with Crippen LogP contribution in [0, 0.1) is 0 Å². The number of nitrogens with zero attached hydrogens (tertiary/aromatic N) is 4. The normalized spacial score (nSPS) is 14.1. The van der Waals surface area contributed by atoms with Crippen molar-refractivity contribution >= 4 is 46.1 Å². The molecule has 2 aromatic heterocycles. The molecule has 0 unspecified atom stereocenters. The van der Waals surface area contributed by atoms with Gasteiger partial charge in [-0.15, -0.1) is 0 Å². The lowest BCUT2D eigenvalue weighted by Gasteiger charge is -2.35. The Morgan fingerprint density at radius 1 is 1.33 bits per heavy atom. The molecule has 10 heteroatoms. The van der Waals surface area contributed by atoms with Gasteiger partial charge in [-0.05, 0) is 58.1 Å². The smallest absolute Gasteiger partial charge is 0.410 e. The van der Waals surface area contributed by atoms with Gasteiger partial charge in [-0.1, -0.05) is 18.5 Å². The van der Waals surface area contributed by atoms with Gasteiger partial charge in [-0.3, -0.25) is 0 Å². The number of hydrogen-bond donors (Lipinski definition) is 1. The van der Waals surface area contributed by atoms with Gasteiger partial charge in [0.1, 0.15) is 18.1 Å². The summed E-state index contributed by atoms with van der Waals surface area (Å²) in [5, 5.41) is 1.20. The summed E-state index contributed by atoms with van der Waals surface area (Å²) < 4.78 is 12.4. The minimum Gasteiger partial charge on any atom is -0.444 e. The van der Waals surface area contributed by atoms with E-state index >= 15 is 0 Å². The summed E-state index contributed by atoms with van der Waals surface area (Å²) in [6.45, 7) is 8.74. The number of fused-ring (bicyclic) bond motifs is 1. The van der Waals surface area contributed by atoms with Crippen molar-refractivity contribution in [3.05, 3.63) is 16.5 Å². The van der Waals surface area contributed by atoms with Crippen LogP contribution in [-0.4, -0.2) is 50.8 Å². The number of nitrogens with two attached hydrogens (primary N) is 1. The van der Waals surface area contributed by atoms with Crippen LogP contribution in [0.15, 0.2) is 6.20 Å². The molecule has 0 aliphatic heterocycles. The standard InChI is InChI=1S/C10H12Cl2N4O.C10H19NO2/c1-2-3-17-5-16-4-6(11)7-8(13)14-10(12)15-9(7)16;1-10(2,3)13-9(12)11(4)8-6-5-7-8/h4H,2-3,5H2,1H3,(H2,13,14,15);8H,5-7H2,1-4H3. The molecule has 0 spiro atoms. The van der Waals surface area contributed by atoms with Crippen LogP contribution < -0.4 is 5.73 Å². The van der Waals surface area contributed by atoms with Gasteiger partial charge in [0.2, 0.25) is 5.28 Å². The van der Waals surface area contributed by atoms with Crippen molar-refractivity contribution in [2.45, 2.75) is 71.8 Å². The first-order chi connectivity index (χ1) is 14.0. The summed E-state index contributed by atoms with van der Waals surface area (Å²) in [7, 11) is 1.82. The van der Waals surface area contributed by atoms with E-state index in [0.717, 1.165) is 19.3 Å². The molecule has 0 saturated heterocycles. The van der Waals surface area contributed by atoms with E-state index < -0.39 is 0 Å². The lowest BCUT2D eigenvalue weighted by molar-refractivity contribution is 0.0145. The Balaban J connectivity index is 0.000000222. The topological polar surface area (TPSA) is 95.5 Å². The second kappa shape index (κ2) is 10.5.